The lowest BCUT2D eigenvalue weighted by Crippen LogP contribution is -2.44. The minimum Gasteiger partial charge on any atom is -0.494 e. The molecule has 2 aromatic carbocycles. The number of aliphatic hydroxyl groups is 3. The predicted molar refractivity (Wildman–Crippen MR) is 103 cm³/mol. The standard InChI is InChI=1S/C21H25ClO5/c1-2-26-16-6-3-13(4-7-16)9-15-10-14(5-8-18(15)22)21-20(25)19(24)11-17(12-23)27-21/h3-8,10,17,19-21,23-25H,2,9,11-12H2,1H3/t17-,19-,20+,21?/m0/s1. The molecule has 0 spiro atoms. The average molecular weight is 393 g/mol. The van der Waals surface area contributed by atoms with Crippen LogP contribution >= 0.6 is 11.6 Å². The van der Waals surface area contributed by atoms with Crippen LogP contribution in [0.1, 0.15) is 36.1 Å². The van der Waals surface area contributed by atoms with E-state index >= 15 is 0 Å². The third-order valence-corrected chi connectivity index (χ3v) is 5.15. The number of benzene rings is 2. The lowest BCUT2D eigenvalue weighted by molar-refractivity contribution is -0.179. The van der Waals surface area contributed by atoms with E-state index in [1.54, 1.807) is 12.1 Å². The van der Waals surface area contributed by atoms with Crippen LogP contribution in [0.15, 0.2) is 42.5 Å². The molecule has 4 atom stereocenters. The average Bonchev–Trinajstić information content (AvgIpc) is 2.67. The van der Waals surface area contributed by atoms with Gasteiger partial charge in [0, 0.05) is 11.4 Å². The van der Waals surface area contributed by atoms with E-state index in [1.165, 1.54) is 0 Å². The quantitative estimate of drug-likeness (QED) is 0.704. The van der Waals surface area contributed by atoms with Gasteiger partial charge >= 0.3 is 0 Å². The van der Waals surface area contributed by atoms with E-state index in [9.17, 15) is 15.3 Å². The van der Waals surface area contributed by atoms with Crippen LogP contribution in [0, 0.1) is 0 Å². The van der Waals surface area contributed by atoms with E-state index in [2.05, 4.69) is 0 Å². The van der Waals surface area contributed by atoms with Crippen LogP contribution in [0.3, 0.4) is 0 Å². The van der Waals surface area contributed by atoms with Gasteiger partial charge in [-0.3, -0.25) is 0 Å². The van der Waals surface area contributed by atoms with Gasteiger partial charge in [0.05, 0.1) is 25.4 Å². The van der Waals surface area contributed by atoms with Crippen molar-refractivity contribution >= 4 is 11.6 Å². The van der Waals surface area contributed by atoms with Crippen molar-refractivity contribution in [1.82, 2.24) is 0 Å². The van der Waals surface area contributed by atoms with Crippen LogP contribution in [0.25, 0.3) is 0 Å². The fourth-order valence-electron chi connectivity index (χ4n) is 3.34. The first-order valence-electron chi connectivity index (χ1n) is 9.14. The van der Waals surface area contributed by atoms with Crippen LogP contribution < -0.4 is 4.74 Å². The number of ether oxygens (including phenoxy) is 2. The van der Waals surface area contributed by atoms with E-state index in [1.807, 2.05) is 37.3 Å². The highest BCUT2D eigenvalue weighted by Crippen LogP contribution is 2.34. The first-order chi connectivity index (χ1) is 13.0. The third kappa shape index (κ3) is 4.81. The van der Waals surface area contributed by atoms with Crippen LogP contribution in [-0.4, -0.2) is 46.8 Å². The Bertz CT molecular complexity index is 749. The molecule has 146 valence electrons. The Kier molecular flexibility index (Phi) is 6.73. The summed E-state index contributed by atoms with van der Waals surface area (Å²) in [5.74, 6) is 0.823. The van der Waals surface area contributed by atoms with E-state index in [0.29, 0.717) is 18.1 Å². The van der Waals surface area contributed by atoms with Crippen molar-refractivity contribution in [2.24, 2.45) is 0 Å². The van der Waals surface area contributed by atoms with E-state index in [0.717, 1.165) is 22.4 Å². The molecule has 0 radical (unpaired) electrons. The minimum atomic E-state index is -1.05. The molecular formula is C21H25ClO5. The lowest BCUT2D eigenvalue weighted by atomic mass is 9.91. The lowest BCUT2D eigenvalue weighted by Gasteiger charge is -2.37. The second-order valence-corrected chi connectivity index (χ2v) is 7.17. The molecule has 5 nitrogen and oxygen atoms in total. The van der Waals surface area contributed by atoms with Crippen LogP contribution in [0.5, 0.6) is 5.75 Å². The fourth-order valence-corrected chi connectivity index (χ4v) is 3.53. The Morgan fingerprint density at radius 2 is 1.89 bits per heavy atom. The predicted octanol–water partition coefficient (Wildman–Crippen LogP) is 2.87. The molecule has 1 fully saturated rings. The maximum absolute atomic E-state index is 10.3. The molecule has 1 heterocycles. The van der Waals surface area contributed by atoms with E-state index in [4.69, 9.17) is 21.1 Å². The number of hydrogen-bond donors (Lipinski definition) is 3. The second kappa shape index (κ2) is 9.04. The highest BCUT2D eigenvalue weighted by Gasteiger charge is 2.37. The Labute approximate surface area is 164 Å². The molecule has 3 N–H and O–H groups in total. The van der Waals surface area contributed by atoms with Crippen LogP contribution in [0.2, 0.25) is 5.02 Å². The number of rotatable bonds is 6. The van der Waals surface area contributed by atoms with Crippen molar-refractivity contribution in [2.45, 2.75) is 44.2 Å². The van der Waals surface area contributed by atoms with Gasteiger partial charge in [-0.1, -0.05) is 35.9 Å². The molecule has 1 saturated heterocycles. The summed E-state index contributed by atoms with van der Waals surface area (Å²) in [5.41, 5.74) is 2.70. The first kappa shape index (κ1) is 20.1. The van der Waals surface area contributed by atoms with Gasteiger partial charge in [0.1, 0.15) is 18.0 Å². The summed E-state index contributed by atoms with van der Waals surface area (Å²) in [6.45, 7) is 2.36. The van der Waals surface area contributed by atoms with Gasteiger partial charge in [-0.25, -0.2) is 0 Å². The zero-order chi connectivity index (χ0) is 19.4. The fraction of sp³-hybridized carbons (Fsp3) is 0.429. The highest BCUT2D eigenvalue weighted by atomic mass is 35.5. The molecule has 6 heteroatoms. The van der Waals surface area contributed by atoms with Gasteiger partial charge < -0.3 is 24.8 Å². The van der Waals surface area contributed by atoms with E-state index < -0.39 is 24.4 Å². The van der Waals surface area contributed by atoms with E-state index in [-0.39, 0.29) is 13.0 Å². The van der Waals surface area contributed by atoms with Crippen LogP contribution in [-0.2, 0) is 11.2 Å². The summed E-state index contributed by atoms with van der Waals surface area (Å²) in [6.07, 6.45) is -2.37. The maximum Gasteiger partial charge on any atom is 0.119 e. The molecule has 0 amide bonds. The zero-order valence-corrected chi connectivity index (χ0v) is 16.0. The second-order valence-electron chi connectivity index (χ2n) is 6.76. The minimum absolute atomic E-state index is 0.201. The Morgan fingerprint density at radius 3 is 2.56 bits per heavy atom. The number of hydrogen-bond acceptors (Lipinski definition) is 5. The van der Waals surface area contributed by atoms with Crippen molar-refractivity contribution in [3.63, 3.8) is 0 Å². The summed E-state index contributed by atoms with van der Waals surface area (Å²) < 4.78 is 11.2. The number of halogens is 1. The summed E-state index contributed by atoms with van der Waals surface area (Å²) in [6, 6.07) is 13.3. The molecule has 1 aliphatic heterocycles. The molecule has 3 rings (SSSR count). The van der Waals surface area contributed by atoms with Gasteiger partial charge in [-0.2, -0.15) is 0 Å². The van der Waals surface area contributed by atoms with Crippen LogP contribution in [0.4, 0.5) is 0 Å². The Hall–Kier alpha value is -1.63. The highest BCUT2D eigenvalue weighted by molar-refractivity contribution is 6.31. The molecule has 0 aliphatic carbocycles. The van der Waals surface area contributed by atoms with Gasteiger partial charge in [0.15, 0.2) is 0 Å². The topological polar surface area (TPSA) is 79.2 Å². The zero-order valence-electron chi connectivity index (χ0n) is 15.2. The van der Waals surface area contributed by atoms with Crippen molar-refractivity contribution in [3.8, 4) is 5.75 Å². The largest absolute Gasteiger partial charge is 0.494 e. The Morgan fingerprint density at radius 1 is 1.15 bits per heavy atom. The monoisotopic (exact) mass is 392 g/mol. The molecule has 0 bridgehead atoms. The number of aliphatic hydroxyl groups excluding tert-OH is 3. The summed E-state index contributed by atoms with van der Waals surface area (Å²) in [5, 5.41) is 30.4. The molecular weight excluding hydrogens is 368 g/mol. The SMILES string of the molecule is CCOc1ccc(Cc2cc(C3O[C@H](CO)C[C@H](O)[C@H]3O)ccc2Cl)cc1. The molecule has 0 aromatic heterocycles. The first-order valence-corrected chi connectivity index (χ1v) is 9.52. The third-order valence-electron chi connectivity index (χ3n) is 4.78. The van der Waals surface area contributed by atoms with Crippen molar-refractivity contribution < 1.29 is 24.8 Å². The molecule has 1 aliphatic rings. The summed E-state index contributed by atoms with van der Waals surface area (Å²) in [7, 11) is 0. The molecule has 1 unspecified atom stereocenters. The van der Waals surface area contributed by atoms with Gasteiger partial charge in [-0.05, 0) is 48.2 Å². The molecule has 0 saturated carbocycles. The van der Waals surface area contributed by atoms with Crippen molar-refractivity contribution in [3.05, 3.63) is 64.2 Å². The van der Waals surface area contributed by atoms with Crippen molar-refractivity contribution in [1.29, 1.82) is 0 Å². The van der Waals surface area contributed by atoms with Gasteiger partial charge in [0.25, 0.3) is 0 Å². The molecule has 27 heavy (non-hydrogen) atoms. The van der Waals surface area contributed by atoms with Gasteiger partial charge in [-0.15, -0.1) is 0 Å². The summed E-state index contributed by atoms with van der Waals surface area (Å²) >= 11 is 6.37. The molecule has 2 aromatic rings. The normalized spacial score (nSPS) is 25.4. The van der Waals surface area contributed by atoms with Crippen molar-refractivity contribution in [2.75, 3.05) is 13.2 Å². The summed E-state index contributed by atoms with van der Waals surface area (Å²) in [4.78, 5) is 0. The van der Waals surface area contributed by atoms with Gasteiger partial charge in [0.2, 0.25) is 0 Å². The Balaban J connectivity index is 1.81. The smallest absolute Gasteiger partial charge is 0.119 e. The maximum atomic E-state index is 10.3.